The van der Waals surface area contributed by atoms with Crippen molar-refractivity contribution in [3.05, 3.63) is 65.0 Å². The van der Waals surface area contributed by atoms with Crippen molar-refractivity contribution in [1.29, 1.82) is 0 Å². The Morgan fingerprint density at radius 2 is 1.95 bits per heavy atom. The smallest absolute Gasteiger partial charge is 0.197 e. The fraction of sp³-hybridized carbons (Fsp3) is 0.235. The number of halogens is 1. The lowest BCUT2D eigenvalue weighted by molar-refractivity contribution is 0.524. The predicted octanol–water partition coefficient (Wildman–Crippen LogP) is 4.97. The summed E-state index contributed by atoms with van der Waals surface area (Å²) in [6.45, 7) is 4.15. The second-order valence-electron chi connectivity index (χ2n) is 5.11. The summed E-state index contributed by atoms with van der Waals surface area (Å²) in [6, 6.07) is 14.1. The van der Waals surface area contributed by atoms with Crippen molar-refractivity contribution in [2.75, 3.05) is 0 Å². The summed E-state index contributed by atoms with van der Waals surface area (Å²) in [6.07, 6.45) is 0.598. The summed E-state index contributed by atoms with van der Waals surface area (Å²) in [5.41, 5.74) is 5.26. The van der Waals surface area contributed by atoms with Gasteiger partial charge in [-0.25, -0.2) is 4.98 Å². The first kappa shape index (κ1) is 13.2. The van der Waals surface area contributed by atoms with Gasteiger partial charge in [-0.05, 0) is 37.1 Å². The van der Waals surface area contributed by atoms with E-state index in [-0.39, 0.29) is 5.38 Å². The van der Waals surface area contributed by atoms with Gasteiger partial charge in [0.05, 0.1) is 5.38 Å². The summed E-state index contributed by atoms with van der Waals surface area (Å²) in [5, 5.41) is -0.122. The first-order chi connectivity index (χ1) is 9.63. The first-order valence-electron chi connectivity index (χ1n) is 6.69. The number of aryl methyl sites for hydroxylation is 2. The highest BCUT2D eigenvalue weighted by Crippen LogP contribution is 2.29. The fourth-order valence-electron chi connectivity index (χ4n) is 2.37. The van der Waals surface area contributed by atoms with Gasteiger partial charge in [0.15, 0.2) is 11.5 Å². The molecule has 3 aromatic rings. The summed E-state index contributed by atoms with van der Waals surface area (Å²) >= 11 is 6.55. The monoisotopic (exact) mass is 285 g/mol. The van der Waals surface area contributed by atoms with E-state index in [1.54, 1.807) is 0 Å². The number of hydrogen-bond acceptors (Lipinski definition) is 2. The molecule has 0 bridgehead atoms. The molecule has 0 aliphatic carbocycles. The van der Waals surface area contributed by atoms with Crippen LogP contribution in [0.15, 0.2) is 46.9 Å². The number of benzene rings is 2. The number of rotatable bonds is 3. The molecule has 0 spiro atoms. The number of alkyl halides is 1. The van der Waals surface area contributed by atoms with E-state index in [2.05, 4.69) is 37.0 Å². The van der Waals surface area contributed by atoms with E-state index < -0.39 is 0 Å². The lowest BCUT2D eigenvalue weighted by Crippen LogP contribution is -1.99. The van der Waals surface area contributed by atoms with E-state index in [0.29, 0.717) is 12.3 Å². The summed E-state index contributed by atoms with van der Waals surface area (Å²) in [5.74, 6) is 0.687. The number of oxazole rings is 1. The lowest BCUT2D eigenvalue weighted by Gasteiger charge is -2.11. The highest BCUT2D eigenvalue weighted by atomic mass is 35.5. The van der Waals surface area contributed by atoms with Crippen LogP contribution in [0.5, 0.6) is 0 Å². The van der Waals surface area contributed by atoms with Crippen LogP contribution in [0, 0.1) is 13.8 Å². The molecule has 0 amide bonds. The molecule has 2 aromatic carbocycles. The number of fused-ring (bicyclic) bond motifs is 1. The number of aromatic nitrogens is 1. The molecule has 1 heterocycles. The van der Waals surface area contributed by atoms with Gasteiger partial charge in [0.2, 0.25) is 0 Å². The second kappa shape index (κ2) is 5.29. The Labute approximate surface area is 123 Å². The van der Waals surface area contributed by atoms with E-state index in [9.17, 15) is 0 Å². The van der Waals surface area contributed by atoms with Crippen molar-refractivity contribution >= 4 is 22.7 Å². The van der Waals surface area contributed by atoms with Crippen LogP contribution in [0.2, 0.25) is 0 Å². The zero-order valence-electron chi connectivity index (χ0n) is 11.6. The molecular weight excluding hydrogens is 270 g/mol. The van der Waals surface area contributed by atoms with Crippen molar-refractivity contribution in [3.8, 4) is 0 Å². The average Bonchev–Trinajstić information content (AvgIpc) is 2.83. The van der Waals surface area contributed by atoms with Crippen LogP contribution >= 0.6 is 11.6 Å². The Hall–Kier alpha value is -1.80. The van der Waals surface area contributed by atoms with Gasteiger partial charge < -0.3 is 4.42 Å². The van der Waals surface area contributed by atoms with Crippen LogP contribution < -0.4 is 0 Å². The molecule has 0 aliphatic heterocycles. The van der Waals surface area contributed by atoms with Gasteiger partial charge in [0.25, 0.3) is 0 Å². The van der Waals surface area contributed by atoms with E-state index in [0.717, 1.165) is 16.7 Å². The Kier molecular flexibility index (Phi) is 3.49. The zero-order valence-corrected chi connectivity index (χ0v) is 12.3. The first-order valence-corrected chi connectivity index (χ1v) is 7.13. The maximum Gasteiger partial charge on any atom is 0.197 e. The molecule has 1 atom stereocenters. The summed E-state index contributed by atoms with van der Waals surface area (Å²) in [7, 11) is 0. The van der Waals surface area contributed by atoms with E-state index >= 15 is 0 Å². The normalized spacial score (nSPS) is 12.8. The van der Waals surface area contributed by atoms with Crippen molar-refractivity contribution in [2.45, 2.75) is 25.6 Å². The predicted molar refractivity (Wildman–Crippen MR) is 82.2 cm³/mol. The standard InChI is InChI=1S/C17H16ClNO/c1-11-7-8-12(2)13(9-11)14(18)10-17-19-15-5-3-4-6-16(15)20-17/h3-9,14H,10H2,1-2H3. The molecule has 0 N–H and O–H groups in total. The van der Waals surface area contributed by atoms with Gasteiger partial charge in [-0.3, -0.25) is 0 Å². The van der Waals surface area contributed by atoms with Crippen molar-refractivity contribution < 1.29 is 4.42 Å². The maximum atomic E-state index is 6.55. The Morgan fingerprint density at radius 3 is 2.75 bits per heavy atom. The minimum Gasteiger partial charge on any atom is -0.441 e. The van der Waals surface area contributed by atoms with Gasteiger partial charge in [-0.2, -0.15) is 0 Å². The molecule has 2 nitrogen and oxygen atoms in total. The molecule has 102 valence electrons. The minimum atomic E-state index is -0.122. The molecule has 3 rings (SSSR count). The van der Waals surface area contributed by atoms with E-state index in [4.69, 9.17) is 16.0 Å². The van der Waals surface area contributed by atoms with Gasteiger partial charge in [0, 0.05) is 6.42 Å². The lowest BCUT2D eigenvalue weighted by atomic mass is 10.0. The molecule has 0 radical (unpaired) electrons. The largest absolute Gasteiger partial charge is 0.441 e. The minimum absolute atomic E-state index is 0.122. The van der Waals surface area contributed by atoms with Crippen LogP contribution in [0.3, 0.4) is 0 Å². The van der Waals surface area contributed by atoms with E-state index in [1.165, 1.54) is 11.1 Å². The molecule has 0 fully saturated rings. The molecular formula is C17H16ClNO. The molecule has 3 heteroatoms. The van der Waals surface area contributed by atoms with Crippen LogP contribution in [-0.2, 0) is 6.42 Å². The molecule has 1 unspecified atom stereocenters. The van der Waals surface area contributed by atoms with Crippen LogP contribution in [-0.4, -0.2) is 4.98 Å². The Bertz CT molecular complexity index is 715. The van der Waals surface area contributed by atoms with E-state index in [1.807, 2.05) is 24.3 Å². The van der Waals surface area contributed by atoms with Crippen molar-refractivity contribution in [2.24, 2.45) is 0 Å². The molecule has 0 saturated heterocycles. The maximum absolute atomic E-state index is 6.55. The van der Waals surface area contributed by atoms with Crippen molar-refractivity contribution in [1.82, 2.24) is 4.98 Å². The SMILES string of the molecule is Cc1ccc(C)c(C(Cl)Cc2nc3ccccc3o2)c1. The van der Waals surface area contributed by atoms with Gasteiger partial charge in [-0.1, -0.05) is 35.9 Å². The third kappa shape index (κ3) is 2.56. The number of para-hydroxylation sites is 2. The van der Waals surface area contributed by atoms with Crippen molar-refractivity contribution in [3.63, 3.8) is 0 Å². The summed E-state index contributed by atoms with van der Waals surface area (Å²) in [4.78, 5) is 4.48. The Morgan fingerprint density at radius 1 is 1.15 bits per heavy atom. The van der Waals surface area contributed by atoms with Gasteiger partial charge in [0.1, 0.15) is 5.52 Å². The number of nitrogens with zero attached hydrogens (tertiary/aromatic N) is 1. The average molecular weight is 286 g/mol. The third-order valence-electron chi connectivity index (χ3n) is 3.46. The fourth-order valence-corrected chi connectivity index (χ4v) is 2.73. The summed E-state index contributed by atoms with van der Waals surface area (Å²) < 4.78 is 5.73. The molecule has 0 aliphatic rings. The van der Waals surface area contributed by atoms with Gasteiger partial charge >= 0.3 is 0 Å². The highest BCUT2D eigenvalue weighted by molar-refractivity contribution is 6.21. The van der Waals surface area contributed by atoms with Crippen LogP contribution in [0.4, 0.5) is 0 Å². The second-order valence-corrected chi connectivity index (χ2v) is 5.63. The zero-order chi connectivity index (χ0) is 14.1. The highest BCUT2D eigenvalue weighted by Gasteiger charge is 2.15. The third-order valence-corrected chi connectivity index (χ3v) is 3.85. The van der Waals surface area contributed by atoms with Crippen LogP contribution in [0.1, 0.15) is 28.0 Å². The molecule has 20 heavy (non-hydrogen) atoms. The topological polar surface area (TPSA) is 26.0 Å². The molecule has 1 aromatic heterocycles. The number of hydrogen-bond donors (Lipinski definition) is 0. The quantitative estimate of drug-likeness (QED) is 0.635. The van der Waals surface area contributed by atoms with Gasteiger partial charge in [-0.15, -0.1) is 11.6 Å². The molecule has 0 saturated carbocycles. The Balaban J connectivity index is 1.88. The van der Waals surface area contributed by atoms with Crippen LogP contribution in [0.25, 0.3) is 11.1 Å².